The van der Waals surface area contributed by atoms with Crippen molar-refractivity contribution in [1.29, 1.82) is 0 Å². The Hall–Kier alpha value is -1.68. The fourth-order valence-corrected chi connectivity index (χ4v) is 2.54. The molecule has 19 heavy (non-hydrogen) atoms. The molecule has 2 heterocycles. The molecule has 3 aromatic rings. The summed E-state index contributed by atoms with van der Waals surface area (Å²) in [5.74, 6) is 0.997. The molecule has 0 unspecified atom stereocenters. The number of aromatic nitrogens is 3. The maximum absolute atomic E-state index is 4.27. The molecular formula is C15H14BrN3. The summed E-state index contributed by atoms with van der Waals surface area (Å²) in [6.45, 7) is 2.10. The van der Waals surface area contributed by atoms with Crippen molar-refractivity contribution < 1.29 is 0 Å². The van der Waals surface area contributed by atoms with Crippen LogP contribution in [0.4, 0.5) is 0 Å². The van der Waals surface area contributed by atoms with E-state index in [0.29, 0.717) is 0 Å². The van der Waals surface area contributed by atoms with Gasteiger partial charge in [0.05, 0.1) is 4.47 Å². The second-order valence-corrected chi connectivity index (χ2v) is 5.51. The van der Waals surface area contributed by atoms with Crippen molar-refractivity contribution in [3.63, 3.8) is 0 Å². The Morgan fingerprint density at radius 1 is 1.05 bits per heavy atom. The number of halogens is 1. The summed E-state index contributed by atoms with van der Waals surface area (Å²) in [6, 6.07) is 12.6. The normalized spacial score (nSPS) is 11.1. The Morgan fingerprint density at radius 3 is 2.63 bits per heavy atom. The maximum atomic E-state index is 4.27. The van der Waals surface area contributed by atoms with Crippen molar-refractivity contribution in [3.05, 3.63) is 64.0 Å². The number of aryl methyl sites for hydroxylation is 3. The van der Waals surface area contributed by atoms with Gasteiger partial charge in [-0.25, -0.2) is 0 Å². The fraction of sp³-hybridized carbons (Fsp3) is 0.200. The zero-order chi connectivity index (χ0) is 13.2. The molecule has 0 saturated carbocycles. The van der Waals surface area contributed by atoms with Gasteiger partial charge in [-0.2, -0.15) is 0 Å². The van der Waals surface area contributed by atoms with Crippen LogP contribution in [0.3, 0.4) is 0 Å². The predicted molar refractivity (Wildman–Crippen MR) is 79.3 cm³/mol. The van der Waals surface area contributed by atoms with Gasteiger partial charge in [0.1, 0.15) is 5.82 Å². The first-order valence-electron chi connectivity index (χ1n) is 6.28. The van der Waals surface area contributed by atoms with Gasteiger partial charge < -0.3 is 0 Å². The molecule has 3 nitrogen and oxygen atoms in total. The van der Waals surface area contributed by atoms with Gasteiger partial charge in [0.15, 0.2) is 5.65 Å². The Kier molecular flexibility index (Phi) is 3.34. The molecular weight excluding hydrogens is 302 g/mol. The van der Waals surface area contributed by atoms with Crippen LogP contribution in [0.1, 0.15) is 17.0 Å². The van der Waals surface area contributed by atoms with E-state index in [9.17, 15) is 0 Å². The third kappa shape index (κ3) is 2.54. The molecule has 0 bridgehead atoms. The summed E-state index contributed by atoms with van der Waals surface area (Å²) in [7, 11) is 0. The molecule has 0 fully saturated rings. The van der Waals surface area contributed by atoms with Crippen molar-refractivity contribution in [3.8, 4) is 0 Å². The molecule has 3 rings (SSSR count). The van der Waals surface area contributed by atoms with Crippen LogP contribution >= 0.6 is 15.9 Å². The van der Waals surface area contributed by atoms with Crippen molar-refractivity contribution in [1.82, 2.24) is 14.6 Å². The van der Waals surface area contributed by atoms with Crippen LogP contribution in [0.25, 0.3) is 5.65 Å². The highest BCUT2D eigenvalue weighted by atomic mass is 79.9. The van der Waals surface area contributed by atoms with Gasteiger partial charge >= 0.3 is 0 Å². The number of benzene rings is 1. The molecule has 0 aliphatic rings. The van der Waals surface area contributed by atoms with Crippen LogP contribution in [0, 0.1) is 6.92 Å². The van der Waals surface area contributed by atoms with E-state index in [-0.39, 0.29) is 0 Å². The molecule has 0 aliphatic heterocycles. The molecule has 4 heteroatoms. The zero-order valence-corrected chi connectivity index (χ0v) is 12.3. The largest absolute Gasteiger partial charge is 0.285 e. The number of hydrogen-bond acceptors (Lipinski definition) is 2. The number of pyridine rings is 1. The lowest BCUT2D eigenvalue weighted by Gasteiger charge is -2.02. The van der Waals surface area contributed by atoms with Crippen molar-refractivity contribution in [2.45, 2.75) is 19.8 Å². The monoisotopic (exact) mass is 315 g/mol. The first-order valence-corrected chi connectivity index (χ1v) is 7.07. The fourth-order valence-electron chi connectivity index (χ4n) is 2.11. The molecule has 0 aliphatic carbocycles. The van der Waals surface area contributed by atoms with E-state index in [1.54, 1.807) is 0 Å². The van der Waals surface area contributed by atoms with Crippen molar-refractivity contribution in [2.75, 3.05) is 0 Å². The van der Waals surface area contributed by atoms with E-state index >= 15 is 0 Å². The molecule has 1 aromatic carbocycles. The first-order chi connectivity index (χ1) is 9.24. The topological polar surface area (TPSA) is 30.2 Å². The van der Waals surface area contributed by atoms with Crippen molar-refractivity contribution in [2.24, 2.45) is 0 Å². The average molecular weight is 316 g/mol. The summed E-state index contributed by atoms with van der Waals surface area (Å²) in [4.78, 5) is 0. The van der Waals surface area contributed by atoms with E-state index in [1.165, 1.54) is 11.1 Å². The van der Waals surface area contributed by atoms with Crippen LogP contribution in [-0.4, -0.2) is 14.6 Å². The molecule has 96 valence electrons. The lowest BCUT2D eigenvalue weighted by molar-refractivity contribution is 0.838. The van der Waals surface area contributed by atoms with E-state index in [0.717, 1.165) is 28.8 Å². The number of hydrogen-bond donors (Lipinski definition) is 0. The molecule has 0 N–H and O–H groups in total. The Balaban J connectivity index is 1.82. The van der Waals surface area contributed by atoms with Crippen LogP contribution < -0.4 is 0 Å². The number of rotatable bonds is 3. The highest BCUT2D eigenvalue weighted by Crippen LogP contribution is 2.17. The summed E-state index contributed by atoms with van der Waals surface area (Å²) >= 11 is 3.49. The molecule has 0 radical (unpaired) electrons. The highest BCUT2D eigenvalue weighted by molar-refractivity contribution is 9.10. The van der Waals surface area contributed by atoms with Crippen LogP contribution in [0.15, 0.2) is 47.1 Å². The molecule has 0 saturated heterocycles. The summed E-state index contributed by atoms with van der Waals surface area (Å²) < 4.78 is 3.02. The third-order valence-corrected chi connectivity index (χ3v) is 3.83. The minimum absolute atomic E-state index is 0.876. The van der Waals surface area contributed by atoms with Gasteiger partial charge in [-0.15, -0.1) is 10.2 Å². The van der Waals surface area contributed by atoms with Gasteiger partial charge in [0.2, 0.25) is 0 Å². The average Bonchev–Trinajstić information content (AvgIpc) is 2.83. The van der Waals surface area contributed by atoms with Gasteiger partial charge in [-0.1, -0.05) is 29.8 Å². The second kappa shape index (κ2) is 5.13. The number of nitrogens with zero attached hydrogens (tertiary/aromatic N) is 3. The highest BCUT2D eigenvalue weighted by Gasteiger charge is 2.07. The van der Waals surface area contributed by atoms with Gasteiger partial charge in [0.25, 0.3) is 0 Å². The van der Waals surface area contributed by atoms with Crippen LogP contribution in [0.5, 0.6) is 0 Å². The van der Waals surface area contributed by atoms with Crippen LogP contribution in [-0.2, 0) is 12.8 Å². The minimum Gasteiger partial charge on any atom is -0.285 e. The first kappa shape index (κ1) is 12.4. The molecule has 0 amide bonds. The van der Waals surface area contributed by atoms with E-state index in [1.807, 2.05) is 22.7 Å². The number of fused-ring (bicyclic) bond motifs is 1. The molecule has 2 aromatic heterocycles. The Labute approximate surface area is 120 Å². The predicted octanol–water partition coefficient (Wildman–Crippen LogP) is 3.59. The SMILES string of the molecule is Cc1ccc(CCc2nnc3c(Br)cccn23)cc1. The van der Waals surface area contributed by atoms with E-state index in [4.69, 9.17) is 0 Å². The smallest absolute Gasteiger partial charge is 0.175 e. The van der Waals surface area contributed by atoms with Gasteiger partial charge in [0, 0.05) is 12.6 Å². The van der Waals surface area contributed by atoms with E-state index < -0.39 is 0 Å². The van der Waals surface area contributed by atoms with Crippen LogP contribution in [0.2, 0.25) is 0 Å². The van der Waals surface area contributed by atoms with Crippen molar-refractivity contribution >= 4 is 21.6 Å². The summed E-state index contributed by atoms with van der Waals surface area (Å²) in [6.07, 6.45) is 3.87. The lowest BCUT2D eigenvalue weighted by Crippen LogP contribution is -1.98. The van der Waals surface area contributed by atoms with E-state index in [2.05, 4.69) is 57.3 Å². The third-order valence-electron chi connectivity index (χ3n) is 3.22. The Bertz CT molecular complexity index is 701. The quantitative estimate of drug-likeness (QED) is 0.739. The molecule has 0 spiro atoms. The zero-order valence-electron chi connectivity index (χ0n) is 10.7. The lowest BCUT2D eigenvalue weighted by atomic mass is 10.1. The Morgan fingerprint density at radius 2 is 1.84 bits per heavy atom. The summed E-state index contributed by atoms with van der Waals surface area (Å²) in [5.41, 5.74) is 3.50. The standard InChI is InChI=1S/C15H14BrN3/c1-11-4-6-12(7-5-11)8-9-14-17-18-15-13(16)3-2-10-19(14)15/h2-7,10H,8-9H2,1H3. The maximum Gasteiger partial charge on any atom is 0.175 e. The second-order valence-electron chi connectivity index (χ2n) is 4.65. The molecule has 0 atom stereocenters. The minimum atomic E-state index is 0.876. The van der Waals surface area contributed by atoms with Gasteiger partial charge in [-0.3, -0.25) is 4.40 Å². The summed E-state index contributed by atoms with van der Waals surface area (Å²) in [5, 5.41) is 8.48. The van der Waals surface area contributed by atoms with Gasteiger partial charge in [-0.05, 0) is 47.0 Å².